The van der Waals surface area contributed by atoms with Crippen molar-refractivity contribution in [2.75, 3.05) is 13.2 Å². The lowest BCUT2D eigenvalue weighted by Gasteiger charge is -2.08. The van der Waals surface area contributed by atoms with Gasteiger partial charge in [0.2, 0.25) is 0 Å². The smallest absolute Gasteiger partial charge is 0.357 e. The number of hydroxylamine groups is 1. The maximum atomic E-state index is 11.1. The minimum absolute atomic E-state index is 0.260. The van der Waals surface area contributed by atoms with Crippen LogP contribution in [-0.4, -0.2) is 19.2 Å². The number of hydrogen-bond donors (Lipinski definition) is 1. The number of halogens is 1. The quantitative estimate of drug-likeness (QED) is 0.338. The second-order valence-electron chi connectivity index (χ2n) is 2.19. The van der Waals surface area contributed by atoms with Gasteiger partial charge in [0.25, 0.3) is 0 Å². The van der Waals surface area contributed by atoms with Crippen LogP contribution in [0.4, 0.5) is 0 Å². The molecule has 5 heteroatoms. The van der Waals surface area contributed by atoms with Crippen LogP contribution in [-0.2, 0) is 14.4 Å². The molecule has 0 fully saturated rings. The van der Waals surface area contributed by atoms with Gasteiger partial charge in [-0.1, -0.05) is 22.9 Å². The molecule has 0 heterocycles. The monoisotopic (exact) mass is 251 g/mol. The Balaban J connectivity index is 3.83. The van der Waals surface area contributed by atoms with Gasteiger partial charge in [0.1, 0.15) is 0 Å². The lowest BCUT2D eigenvalue weighted by molar-refractivity contribution is -0.140. The topological polar surface area (TPSA) is 47.6 Å². The van der Waals surface area contributed by atoms with Crippen LogP contribution in [0.25, 0.3) is 0 Å². The van der Waals surface area contributed by atoms with E-state index >= 15 is 0 Å². The first-order valence-corrected chi connectivity index (χ1v) is 5.03. The van der Waals surface area contributed by atoms with Crippen LogP contribution < -0.4 is 5.48 Å². The SMILES string of the molecule is CCCONC(=CBr)C(=O)OCC. The fourth-order valence-electron chi connectivity index (χ4n) is 0.548. The van der Waals surface area contributed by atoms with Crippen LogP contribution in [0.5, 0.6) is 0 Å². The number of rotatable bonds is 6. The van der Waals surface area contributed by atoms with Crippen molar-refractivity contribution in [2.24, 2.45) is 0 Å². The molecule has 0 aliphatic carbocycles. The molecule has 0 bridgehead atoms. The summed E-state index contributed by atoms with van der Waals surface area (Å²) in [6.45, 7) is 4.61. The molecule has 1 N–H and O–H groups in total. The summed E-state index contributed by atoms with van der Waals surface area (Å²) in [4.78, 5) is 17.5. The summed E-state index contributed by atoms with van der Waals surface area (Å²) in [5.74, 6) is -0.435. The Labute approximate surface area is 86.4 Å². The molecule has 0 amide bonds. The van der Waals surface area contributed by atoms with Gasteiger partial charge in [-0.15, -0.1) is 0 Å². The highest BCUT2D eigenvalue weighted by atomic mass is 79.9. The molecule has 0 rings (SSSR count). The Hall–Kier alpha value is -0.550. The molecule has 0 spiro atoms. The average molecular weight is 252 g/mol. The molecule has 76 valence electrons. The van der Waals surface area contributed by atoms with Crippen molar-refractivity contribution in [3.8, 4) is 0 Å². The highest BCUT2D eigenvalue weighted by Gasteiger charge is 2.08. The molecule has 0 saturated heterocycles. The Morgan fingerprint density at radius 2 is 2.23 bits per heavy atom. The molecular weight excluding hydrogens is 238 g/mol. The Morgan fingerprint density at radius 3 is 2.69 bits per heavy atom. The van der Waals surface area contributed by atoms with E-state index in [9.17, 15) is 4.79 Å². The number of ether oxygens (including phenoxy) is 1. The Kier molecular flexibility index (Phi) is 7.73. The first-order chi connectivity index (χ1) is 6.26. The first-order valence-electron chi connectivity index (χ1n) is 4.11. The van der Waals surface area contributed by atoms with Crippen LogP contribution >= 0.6 is 15.9 Å². The van der Waals surface area contributed by atoms with E-state index in [-0.39, 0.29) is 5.70 Å². The molecule has 0 aromatic rings. The van der Waals surface area contributed by atoms with Crippen molar-refractivity contribution in [3.63, 3.8) is 0 Å². The highest BCUT2D eigenvalue weighted by Crippen LogP contribution is 1.98. The van der Waals surface area contributed by atoms with Crippen LogP contribution in [0.1, 0.15) is 20.3 Å². The van der Waals surface area contributed by atoms with Gasteiger partial charge in [-0.05, 0) is 13.3 Å². The van der Waals surface area contributed by atoms with E-state index in [2.05, 4.69) is 21.4 Å². The number of esters is 1. The number of nitrogens with one attached hydrogen (secondary N) is 1. The molecule has 4 nitrogen and oxygen atoms in total. The van der Waals surface area contributed by atoms with Gasteiger partial charge >= 0.3 is 5.97 Å². The number of carbonyl (C=O) groups excluding carboxylic acids is 1. The fraction of sp³-hybridized carbons (Fsp3) is 0.625. The van der Waals surface area contributed by atoms with E-state index in [1.165, 1.54) is 4.99 Å². The Bertz CT molecular complexity index is 182. The van der Waals surface area contributed by atoms with E-state index in [1.54, 1.807) is 6.92 Å². The minimum Gasteiger partial charge on any atom is -0.461 e. The summed E-state index contributed by atoms with van der Waals surface area (Å²) < 4.78 is 4.75. The van der Waals surface area contributed by atoms with Gasteiger partial charge in [0, 0.05) is 4.99 Å². The van der Waals surface area contributed by atoms with Crippen LogP contribution in [0.2, 0.25) is 0 Å². The van der Waals surface area contributed by atoms with Crippen molar-refractivity contribution in [1.29, 1.82) is 0 Å². The van der Waals surface area contributed by atoms with Gasteiger partial charge in [0.05, 0.1) is 13.2 Å². The molecule has 0 atom stereocenters. The predicted molar refractivity (Wildman–Crippen MR) is 53.0 cm³/mol. The zero-order chi connectivity index (χ0) is 10.1. The maximum absolute atomic E-state index is 11.1. The summed E-state index contributed by atoms with van der Waals surface area (Å²) >= 11 is 3.03. The third-order valence-electron chi connectivity index (χ3n) is 1.09. The summed E-state index contributed by atoms with van der Waals surface area (Å²) in [5, 5.41) is 0. The van der Waals surface area contributed by atoms with Crippen molar-refractivity contribution >= 4 is 21.9 Å². The zero-order valence-electron chi connectivity index (χ0n) is 7.80. The third-order valence-corrected chi connectivity index (χ3v) is 1.55. The molecule has 0 aliphatic heterocycles. The lowest BCUT2D eigenvalue weighted by atomic mass is 10.5. The van der Waals surface area contributed by atoms with Crippen LogP contribution in [0.3, 0.4) is 0 Å². The highest BCUT2D eigenvalue weighted by molar-refractivity contribution is 9.11. The predicted octanol–water partition coefficient (Wildman–Crippen LogP) is 1.72. The lowest BCUT2D eigenvalue weighted by Crippen LogP contribution is -2.22. The third kappa shape index (κ3) is 5.65. The van der Waals surface area contributed by atoms with Crippen LogP contribution in [0.15, 0.2) is 10.7 Å². The molecule has 0 radical (unpaired) electrons. The first kappa shape index (κ1) is 12.4. The van der Waals surface area contributed by atoms with Gasteiger partial charge in [-0.25, -0.2) is 4.79 Å². The van der Waals surface area contributed by atoms with Gasteiger partial charge in [0.15, 0.2) is 5.70 Å². The average Bonchev–Trinajstić information content (AvgIpc) is 2.13. The van der Waals surface area contributed by atoms with E-state index < -0.39 is 5.97 Å². The van der Waals surface area contributed by atoms with E-state index in [0.29, 0.717) is 13.2 Å². The fourth-order valence-corrected chi connectivity index (χ4v) is 0.829. The van der Waals surface area contributed by atoms with Gasteiger partial charge in [-0.2, -0.15) is 0 Å². The van der Waals surface area contributed by atoms with Crippen molar-refractivity contribution in [1.82, 2.24) is 5.48 Å². The van der Waals surface area contributed by atoms with E-state index in [0.717, 1.165) is 6.42 Å². The van der Waals surface area contributed by atoms with Crippen LogP contribution in [0, 0.1) is 0 Å². The van der Waals surface area contributed by atoms with E-state index in [1.807, 2.05) is 6.92 Å². The minimum atomic E-state index is -0.435. The molecule has 13 heavy (non-hydrogen) atoms. The van der Waals surface area contributed by atoms with Crippen molar-refractivity contribution < 1.29 is 14.4 Å². The summed E-state index contributed by atoms with van der Waals surface area (Å²) in [7, 11) is 0. The molecular formula is C8H14BrNO3. The summed E-state index contributed by atoms with van der Waals surface area (Å²) in [5.41, 5.74) is 2.75. The van der Waals surface area contributed by atoms with Gasteiger partial charge in [-0.3, -0.25) is 10.3 Å². The second kappa shape index (κ2) is 8.07. The summed E-state index contributed by atoms with van der Waals surface area (Å²) in [6.07, 6.45) is 0.880. The molecule has 0 aliphatic rings. The number of hydrogen-bond acceptors (Lipinski definition) is 4. The number of carbonyl (C=O) groups is 1. The zero-order valence-corrected chi connectivity index (χ0v) is 9.39. The van der Waals surface area contributed by atoms with Gasteiger partial charge < -0.3 is 4.74 Å². The summed E-state index contributed by atoms with van der Waals surface area (Å²) in [6, 6.07) is 0. The molecule has 0 unspecified atom stereocenters. The Morgan fingerprint density at radius 1 is 1.54 bits per heavy atom. The normalized spacial score (nSPS) is 11.2. The molecule has 0 saturated carbocycles. The molecule has 0 aromatic carbocycles. The van der Waals surface area contributed by atoms with Crippen molar-refractivity contribution in [2.45, 2.75) is 20.3 Å². The maximum Gasteiger partial charge on any atom is 0.357 e. The molecule has 0 aromatic heterocycles. The standard InChI is InChI=1S/C8H14BrNO3/c1-3-5-13-10-7(6-9)8(11)12-4-2/h6,10H,3-5H2,1-2H3. The second-order valence-corrected chi connectivity index (χ2v) is 2.65. The van der Waals surface area contributed by atoms with E-state index in [4.69, 9.17) is 9.57 Å². The van der Waals surface area contributed by atoms with Crippen molar-refractivity contribution in [3.05, 3.63) is 10.7 Å². The largest absolute Gasteiger partial charge is 0.461 e.